The number of aromatic nitrogens is 1. The maximum atomic E-state index is 11.6. The first-order valence-electron chi connectivity index (χ1n) is 6.76. The quantitative estimate of drug-likeness (QED) is 0.441. The van der Waals surface area contributed by atoms with E-state index in [2.05, 4.69) is 20.9 Å². The number of rotatable bonds is 6. The van der Waals surface area contributed by atoms with Gasteiger partial charge in [0.25, 0.3) is 0 Å². The minimum absolute atomic E-state index is 0.133. The summed E-state index contributed by atoms with van der Waals surface area (Å²) in [6, 6.07) is 10.8. The molecule has 2 rings (SSSR count). The van der Waals surface area contributed by atoms with E-state index in [0.29, 0.717) is 11.3 Å². The van der Waals surface area contributed by atoms with Gasteiger partial charge in [-0.3, -0.25) is 4.98 Å². The molecule has 0 fully saturated rings. The molecule has 0 amide bonds. The molecule has 0 aliphatic carbocycles. The summed E-state index contributed by atoms with van der Waals surface area (Å²) in [5.74, 6) is 0.127. The first kappa shape index (κ1) is 16.7. The monoisotopic (exact) mass is 372 g/mol. The van der Waals surface area contributed by atoms with Gasteiger partial charge >= 0.3 is 5.97 Å². The molecule has 0 atom stereocenters. The van der Waals surface area contributed by atoms with Crippen molar-refractivity contribution >= 4 is 28.0 Å². The SMILES string of the molecule is N#Cc1cccc(/C=C/C(=O)OCCOc2cncc(Br)c2)c1. The molecule has 0 N–H and O–H groups in total. The number of ether oxygens (including phenoxy) is 2. The maximum Gasteiger partial charge on any atom is 0.330 e. The van der Waals surface area contributed by atoms with Gasteiger partial charge in [-0.1, -0.05) is 12.1 Å². The molecule has 23 heavy (non-hydrogen) atoms. The number of hydrogen-bond donors (Lipinski definition) is 0. The predicted molar refractivity (Wildman–Crippen MR) is 88.6 cm³/mol. The van der Waals surface area contributed by atoms with Crippen LogP contribution in [0.25, 0.3) is 6.08 Å². The Bertz CT molecular complexity index is 753. The van der Waals surface area contributed by atoms with Crippen LogP contribution in [-0.4, -0.2) is 24.2 Å². The molecule has 5 nitrogen and oxygen atoms in total. The van der Waals surface area contributed by atoms with Crippen molar-refractivity contribution in [2.24, 2.45) is 0 Å². The Kier molecular flexibility index (Phi) is 6.33. The molecular weight excluding hydrogens is 360 g/mol. The number of halogens is 1. The summed E-state index contributed by atoms with van der Waals surface area (Å²) in [6.07, 6.45) is 6.15. The van der Waals surface area contributed by atoms with Crippen LogP contribution < -0.4 is 4.74 Å². The Morgan fingerprint density at radius 3 is 2.96 bits per heavy atom. The Hall–Kier alpha value is -2.65. The summed E-state index contributed by atoms with van der Waals surface area (Å²) < 4.78 is 11.2. The summed E-state index contributed by atoms with van der Waals surface area (Å²) in [6.45, 7) is 0.371. The Morgan fingerprint density at radius 1 is 1.30 bits per heavy atom. The molecule has 0 aliphatic heterocycles. The Morgan fingerprint density at radius 2 is 2.17 bits per heavy atom. The molecule has 116 valence electrons. The number of benzene rings is 1. The highest BCUT2D eigenvalue weighted by atomic mass is 79.9. The molecule has 0 aliphatic rings. The maximum absolute atomic E-state index is 11.6. The Balaban J connectivity index is 1.74. The highest BCUT2D eigenvalue weighted by Gasteiger charge is 1.99. The van der Waals surface area contributed by atoms with Crippen molar-refractivity contribution < 1.29 is 14.3 Å². The summed E-state index contributed by atoms with van der Waals surface area (Å²) in [4.78, 5) is 15.5. The number of nitriles is 1. The fourth-order valence-corrected chi connectivity index (χ4v) is 2.04. The fourth-order valence-electron chi connectivity index (χ4n) is 1.70. The van der Waals surface area contributed by atoms with Crippen molar-refractivity contribution in [3.63, 3.8) is 0 Å². The van der Waals surface area contributed by atoms with Crippen LogP contribution in [0.5, 0.6) is 5.75 Å². The normalized spacial score (nSPS) is 10.3. The number of nitrogens with zero attached hydrogens (tertiary/aromatic N) is 2. The van der Waals surface area contributed by atoms with Crippen molar-refractivity contribution in [2.75, 3.05) is 13.2 Å². The van der Waals surface area contributed by atoms with E-state index in [-0.39, 0.29) is 13.2 Å². The van der Waals surface area contributed by atoms with E-state index >= 15 is 0 Å². The molecule has 1 aromatic carbocycles. The fraction of sp³-hybridized carbons (Fsp3) is 0.118. The van der Waals surface area contributed by atoms with Crippen molar-refractivity contribution in [3.05, 3.63) is 64.4 Å². The molecule has 0 spiro atoms. The highest BCUT2D eigenvalue weighted by molar-refractivity contribution is 9.10. The van der Waals surface area contributed by atoms with Gasteiger partial charge in [-0.25, -0.2) is 4.79 Å². The van der Waals surface area contributed by atoms with Crippen LogP contribution in [0.1, 0.15) is 11.1 Å². The van der Waals surface area contributed by atoms with Gasteiger partial charge in [-0.05, 0) is 45.8 Å². The van der Waals surface area contributed by atoms with Crippen molar-refractivity contribution in [2.45, 2.75) is 0 Å². The van der Waals surface area contributed by atoms with E-state index in [4.69, 9.17) is 14.7 Å². The highest BCUT2D eigenvalue weighted by Crippen LogP contribution is 2.15. The van der Waals surface area contributed by atoms with Crippen molar-refractivity contribution in [1.29, 1.82) is 5.26 Å². The van der Waals surface area contributed by atoms with Crippen molar-refractivity contribution in [1.82, 2.24) is 4.98 Å². The Labute approximate surface area is 142 Å². The third-order valence-electron chi connectivity index (χ3n) is 2.70. The summed E-state index contributed by atoms with van der Waals surface area (Å²) in [5.41, 5.74) is 1.30. The molecule has 0 unspecified atom stereocenters. The largest absolute Gasteiger partial charge is 0.488 e. The van der Waals surface area contributed by atoms with Crippen molar-refractivity contribution in [3.8, 4) is 11.8 Å². The topological polar surface area (TPSA) is 72.2 Å². The molecule has 0 radical (unpaired) electrons. The van der Waals surface area contributed by atoms with Crippen LogP contribution in [0.15, 0.2) is 53.3 Å². The van der Waals surface area contributed by atoms with Crippen LogP contribution in [-0.2, 0) is 9.53 Å². The molecular formula is C17H13BrN2O3. The number of hydrogen-bond acceptors (Lipinski definition) is 5. The van der Waals surface area contributed by atoms with Crippen LogP contribution in [0.4, 0.5) is 0 Å². The zero-order chi connectivity index (χ0) is 16.5. The predicted octanol–water partition coefficient (Wildman–Crippen LogP) is 3.35. The summed E-state index contributed by atoms with van der Waals surface area (Å²) >= 11 is 3.29. The molecule has 0 saturated heterocycles. The van der Waals surface area contributed by atoms with Gasteiger partial charge in [0.2, 0.25) is 0 Å². The number of carbonyl (C=O) groups excluding carboxylic acids is 1. The van der Waals surface area contributed by atoms with Gasteiger partial charge in [0, 0.05) is 16.7 Å². The first-order chi connectivity index (χ1) is 11.2. The molecule has 0 saturated carbocycles. The second-order valence-electron chi connectivity index (χ2n) is 4.43. The molecule has 1 aromatic heterocycles. The zero-order valence-corrected chi connectivity index (χ0v) is 13.7. The molecule has 1 heterocycles. The lowest BCUT2D eigenvalue weighted by Gasteiger charge is -2.06. The van der Waals surface area contributed by atoms with Crippen LogP contribution in [0.2, 0.25) is 0 Å². The minimum Gasteiger partial charge on any atom is -0.488 e. The molecule has 2 aromatic rings. The average Bonchev–Trinajstić information content (AvgIpc) is 2.57. The second kappa shape index (κ2) is 8.71. The van der Waals surface area contributed by atoms with E-state index in [1.807, 2.05) is 6.07 Å². The van der Waals surface area contributed by atoms with Gasteiger partial charge in [-0.15, -0.1) is 0 Å². The number of carbonyl (C=O) groups is 1. The first-order valence-corrected chi connectivity index (χ1v) is 7.55. The van der Waals surface area contributed by atoms with Gasteiger partial charge in [-0.2, -0.15) is 5.26 Å². The lowest BCUT2D eigenvalue weighted by molar-refractivity contribution is -0.138. The van der Waals surface area contributed by atoms with E-state index in [9.17, 15) is 4.79 Å². The lowest BCUT2D eigenvalue weighted by Crippen LogP contribution is -2.10. The summed E-state index contributed by atoms with van der Waals surface area (Å²) in [7, 11) is 0. The van der Waals surface area contributed by atoms with Gasteiger partial charge in [0.1, 0.15) is 19.0 Å². The summed E-state index contributed by atoms with van der Waals surface area (Å²) in [5, 5.41) is 8.81. The van der Waals surface area contributed by atoms with Gasteiger partial charge in [0.15, 0.2) is 0 Å². The van der Waals surface area contributed by atoms with E-state index < -0.39 is 5.97 Å². The average molecular weight is 373 g/mol. The zero-order valence-electron chi connectivity index (χ0n) is 12.1. The minimum atomic E-state index is -0.469. The number of esters is 1. The molecule has 6 heteroatoms. The van der Waals surface area contributed by atoms with Gasteiger partial charge in [0.05, 0.1) is 17.8 Å². The van der Waals surface area contributed by atoms with E-state index in [0.717, 1.165) is 10.0 Å². The third-order valence-corrected chi connectivity index (χ3v) is 3.14. The van der Waals surface area contributed by atoms with Gasteiger partial charge < -0.3 is 9.47 Å². The second-order valence-corrected chi connectivity index (χ2v) is 5.34. The van der Waals surface area contributed by atoms with E-state index in [1.54, 1.807) is 48.8 Å². The smallest absolute Gasteiger partial charge is 0.330 e. The van der Waals surface area contributed by atoms with Crippen LogP contribution >= 0.6 is 15.9 Å². The molecule has 0 bridgehead atoms. The lowest BCUT2D eigenvalue weighted by atomic mass is 10.1. The number of pyridine rings is 1. The van der Waals surface area contributed by atoms with E-state index in [1.165, 1.54) is 6.08 Å². The van der Waals surface area contributed by atoms with Crippen LogP contribution in [0.3, 0.4) is 0 Å². The van der Waals surface area contributed by atoms with Crippen LogP contribution in [0, 0.1) is 11.3 Å². The standard InChI is InChI=1S/C17H13BrN2O3/c18-15-9-16(12-20-11-15)22-6-7-23-17(21)5-4-13-2-1-3-14(8-13)10-19/h1-5,8-9,11-12H,6-7H2/b5-4+. The third kappa shape index (κ3) is 5.93.